The fraction of sp³-hybridized carbons (Fsp3) is 0.571. The second-order valence-corrected chi connectivity index (χ2v) is 5.38. The zero-order chi connectivity index (χ0) is 12.5. The molecule has 1 unspecified atom stereocenters. The summed E-state index contributed by atoms with van der Waals surface area (Å²) in [6, 6.07) is 8.99. The first-order chi connectivity index (χ1) is 8.27. The first-order valence-corrected chi connectivity index (χ1v) is 7.42. The molecule has 0 amide bonds. The normalized spacial score (nSPS) is 12.6. The molecule has 0 radical (unpaired) electrons. The Morgan fingerprint density at radius 2 is 1.88 bits per heavy atom. The van der Waals surface area contributed by atoms with Crippen LogP contribution in [-0.2, 0) is 4.74 Å². The maximum absolute atomic E-state index is 5.66. The molecular weight excluding hydrogens is 325 g/mol. The Balaban J connectivity index is 2.57. The molecule has 0 bridgehead atoms. The van der Waals surface area contributed by atoms with E-state index in [4.69, 9.17) is 4.74 Å². The van der Waals surface area contributed by atoms with Gasteiger partial charge in [0.05, 0.1) is 12.6 Å². The Hall–Kier alpha value is -0.130. The highest BCUT2D eigenvalue weighted by molar-refractivity contribution is 14.1. The third-order valence-electron chi connectivity index (χ3n) is 2.55. The molecule has 0 saturated carbocycles. The van der Waals surface area contributed by atoms with E-state index in [1.807, 2.05) is 0 Å². The fourth-order valence-electron chi connectivity index (χ4n) is 1.63. The SMILES string of the molecule is CCCNC(COCCC)c1ccc(I)cc1. The fourth-order valence-corrected chi connectivity index (χ4v) is 1.99. The van der Waals surface area contributed by atoms with Crippen LogP contribution in [0.25, 0.3) is 0 Å². The zero-order valence-corrected chi connectivity index (χ0v) is 12.9. The molecule has 0 heterocycles. The van der Waals surface area contributed by atoms with Crippen molar-refractivity contribution in [3.63, 3.8) is 0 Å². The molecular formula is C14H22INO. The minimum absolute atomic E-state index is 0.318. The van der Waals surface area contributed by atoms with Gasteiger partial charge in [0, 0.05) is 10.2 Å². The Bertz CT molecular complexity index is 300. The molecule has 0 aromatic heterocycles. The molecule has 96 valence electrons. The molecule has 1 aromatic carbocycles. The van der Waals surface area contributed by atoms with Gasteiger partial charge in [0.15, 0.2) is 0 Å². The van der Waals surface area contributed by atoms with Crippen LogP contribution in [0.2, 0.25) is 0 Å². The molecule has 17 heavy (non-hydrogen) atoms. The summed E-state index contributed by atoms with van der Waals surface area (Å²) in [5, 5.41) is 3.54. The minimum Gasteiger partial charge on any atom is -0.379 e. The van der Waals surface area contributed by atoms with Crippen LogP contribution in [0.5, 0.6) is 0 Å². The molecule has 1 N–H and O–H groups in total. The highest BCUT2D eigenvalue weighted by Gasteiger charge is 2.10. The van der Waals surface area contributed by atoms with Crippen molar-refractivity contribution in [2.24, 2.45) is 0 Å². The highest BCUT2D eigenvalue weighted by atomic mass is 127. The molecule has 3 heteroatoms. The molecule has 0 aliphatic heterocycles. The predicted octanol–water partition coefficient (Wildman–Crippen LogP) is 3.76. The van der Waals surface area contributed by atoms with Gasteiger partial charge < -0.3 is 10.1 Å². The number of nitrogens with one attached hydrogen (secondary N) is 1. The van der Waals surface area contributed by atoms with Gasteiger partial charge in [0.1, 0.15) is 0 Å². The van der Waals surface area contributed by atoms with Crippen LogP contribution in [0.4, 0.5) is 0 Å². The first kappa shape index (κ1) is 14.9. The lowest BCUT2D eigenvalue weighted by molar-refractivity contribution is 0.112. The van der Waals surface area contributed by atoms with E-state index in [-0.39, 0.29) is 0 Å². The summed E-state index contributed by atoms with van der Waals surface area (Å²) < 4.78 is 6.94. The Morgan fingerprint density at radius 1 is 1.18 bits per heavy atom. The van der Waals surface area contributed by atoms with Crippen LogP contribution in [0.15, 0.2) is 24.3 Å². The molecule has 0 spiro atoms. The van der Waals surface area contributed by atoms with Crippen molar-refractivity contribution in [3.8, 4) is 0 Å². The number of ether oxygens (including phenoxy) is 1. The van der Waals surface area contributed by atoms with Crippen molar-refractivity contribution < 1.29 is 4.74 Å². The van der Waals surface area contributed by atoms with Crippen molar-refractivity contribution in [3.05, 3.63) is 33.4 Å². The molecule has 0 aliphatic carbocycles. The molecule has 0 fully saturated rings. The number of rotatable bonds is 8. The van der Waals surface area contributed by atoms with Crippen molar-refractivity contribution in [2.75, 3.05) is 19.8 Å². The van der Waals surface area contributed by atoms with Crippen LogP contribution in [0, 0.1) is 3.57 Å². The van der Waals surface area contributed by atoms with Gasteiger partial charge in [-0.25, -0.2) is 0 Å². The monoisotopic (exact) mass is 347 g/mol. The lowest BCUT2D eigenvalue weighted by Gasteiger charge is -2.19. The summed E-state index contributed by atoms with van der Waals surface area (Å²) >= 11 is 2.33. The van der Waals surface area contributed by atoms with Crippen LogP contribution in [-0.4, -0.2) is 19.8 Å². The summed E-state index contributed by atoms with van der Waals surface area (Å²) in [6.07, 6.45) is 2.22. The van der Waals surface area contributed by atoms with E-state index in [9.17, 15) is 0 Å². The summed E-state index contributed by atoms with van der Waals surface area (Å²) in [4.78, 5) is 0. The van der Waals surface area contributed by atoms with E-state index >= 15 is 0 Å². The predicted molar refractivity (Wildman–Crippen MR) is 81.3 cm³/mol. The van der Waals surface area contributed by atoms with Crippen LogP contribution >= 0.6 is 22.6 Å². The van der Waals surface area contributed by atoms with Crippen LogP contribution < -0.4 is 5.32 Å². The summed E-state index contributed by atoms with van der Waals surface area (Å²) in [5.41, 5.74) is 1.31. The second-order valence-electron chi connectivity index (χ2n) is 4.13. The van der Waals surface area contributed by atoms with E-state index < -0.39 is 0 Å². The Kier molecular flexibility index (Phi) is 7.81. The summed E-state index contributed by atoms with van der Waals surface area (Å²) in [6.45, 7) is 6.96. The molecule has 1 rings (SSSR count). The van der Waals surface area contributed by atoms with Gasteiger partial charge in [-0.2, -0.15) is 0 Å². The van der Waals surface area contributed by atoms with Crippen LogP contribution in [0.3, 0.4) is 0 Å². The van der Waals surface area contributed by atoms with E-state index in [1.54, 1.807) is 0 Å². The standard InChI is InChI=1S/C14H22INO/c1-3-9-16-14(11-17-10-4-2)12-5-7-13(15)8-6-12/h5-8,14,16H,3-4,9-11H2,1-2H3. The quantitative estimate of drug-likeness (QED) is 0.571. The lowest BCUT2D eigenvalue weighted by atomic mass is 10.1. The average molecular weight is 347 g/mol. The van der Waals surface area contributed by atoms with Gasteiger partial charge in [0.25, 0.3) is 0 Å². The third kappa shape index (κ3) is 5.84. The van der Waals surface area contributed by atoms with Gasteiger partial charge >= 0.3 is 0 Å². The van der Waals surface area contributed by atoms with Crippen molar-refractivity contribution in [2.45, 2.75) is 32.7 Å². The van der Waals surface area contributed by atoms with E-state index in [0.717, 1.165) is 32.6 Å². The van der Waals surface area contributed by atoms with Crippen molar-refractivity contribution in [1.82, 2.24) is 5.32 Å². The van der Waals surface area contributed by atoms with E-state index in [0.29, 0.717) is 6.04 Å². The Morgan fingerprint density at radius 3 is 2.47 bits per heavy atom. The molecule has 1 atom stereocenters. The Labute approximate surface area is 118 Å². The number of hydrogen-bond acceptors (Lipinski definition) is 2. The largest absolute Gasteiger partial charge is 0.379 e. The van der Waals surface area contributed by atoms with Gasteiger partial charge in [-0.1, -0.05) is 26.0 Å². The van der Waals surface area contributed by atoms with Gasteiger partial charge in [-0.3, -0.25) is 0 Å². The van der Waals surface area contributed by atoms with Crippen LogP contribution in [0.1, 0.15) is 38.3 Å². The van der Waals surface area contributed by atoms with Gasteiger partial charge in [-0.05, 0) is 59.7 Å². The molecule has 0 aliphatic rings. The average Bonchev–Trinajstić information content (AvgIpc) is 2.35. The summed E-state index contributed by atoms with van der Waals surface area (Å²) in [5.74, 6) is 0. The lowest BCUT2D eigenvalue weighted by Crippen LogP contribution is -2.26. The molecule has 1 aromatic rings. The number of halogens is 1. The maximum Gasteiger partial charge on any atom is 0.0661 e. The third-order valence-corrected chi connectivity index (χ3v) is 3.27. The van der Waals surface area contributed by atoms with Crippen molar-refractivity contribution >= 4 is 22.6 Å². The molecule has 0 saturated heterocycles. The first-order valence-electron chi connectivity index (χ1n) is 6.34. The zero-order valence-electron chi connectivity index (χ0n) is 10.7. The number of hydrogen-bond donors (Lipinski definition) is 1. The van der Waals surface area contributed by atoms with Gasteiger partial charge in [-0.15, -0.1) is 0 Å². The maximum atomic E-state index is 5.66. The smallest absolute Gasteiger partial charge is 0.0661 e. The molecule has 2 nitrogen and oxygen atoms in total. The summed E-state index contributed by atoms with van der Waals surface area (Å²) in [7, 11) is 0. The highest BCUT2D eigenvalue weighted by Crippen LogP contribution is 2.15. The second kappa shape index (κ2) is 8.89. The minimum atomic E-state index is 0.318. The van der Waals surface area contributed by atoms with E-state index in [2.05, 4.69) is 66.0 Å². The topological polar surface area (TPSA) is 21.3 Å². The van der Waals surface area contributed by atoms with E-state index in [1.165, 1.54) is 9.13 Å². The number of benzene rings is 1. The van der Waals surface area contributed by atoms with Gasteiger partial charge in [0.2, 0.25) is 0 Å². The van der Waals surface area contributed by atoms with Crippen molar-refractivity contribution in [1.29, 1.82) is 0 Å².